The van der Waals surface area contributed by atoms with Crippen molar-refractivity contribution in [2.75, 3.05) is 36.5 Å². The molecule has 1 aliphatic heterocycles. The monoisotopic (exact) mass is 434 g/mol. The number of hydrogen-bond donors (Lipinski definition) is 1. The largest absolute Gasteiger partial charge is 0.378 e. The topological polar surface area (TPSA) is 108 Å². The molecule has 31 heavy (non-hydrogen) atoms. The van der Waals surface area contributed by atoms with Crippen molar-refractivity contribution in [2.45, 2.75) is 0 Å². The lowest BCUT2D eigenvalue weighted by Gasteiger charge is -2.27. The van der Waals surface area contributed by atoms with Gasteiger partial charge in [-0.1, -0.05) is 30.3 Å². The summed E-state index contributed by atoms with van der Waals surface area (Å²) >= 11 is 1.28. The van der Waals surface area contributed by atoms with Gasteiger partial charge in [0.2, 0.25) is 5.78 Å². The van der Waals surface area contributed by atoms with Crippen molar-refractivity contribution in [2.24, 2.45) is 0 Å². The Morgan fingerprint density at radius 1 is 1.13 bits per heavy atom. The Morgan fingerprint density at radius 2 is 1.81 bits per heavy atom. The lowest BCUT2D eigenvalue weighted by atomic mass is 10.1. The number of rotatable bonds is 6. The molecule has 0 aliphatic carbocycles. The Balaban J connectivity index is 1.78. The quantitative estimate of drug-likeness (QED) is 0.349. The number of hydrogen-bond acceptors (Lipinski definition) is 8. The number of thiophene rings is 1. The molecule has 9 heteroatoms. The van der Waals surface area contributed by atoms with Crippen molar-refractivity contribution in [3.8, 4) is 6.07 Å². The van der Waals surface area contributed by atoms with Crippen LogP contribution in [0.4, 0.5) is 22.1 Å². The number of ketones is 1. The van der Waals surface area contributed by atoms with Crippen molar-refractivity contribution in [3.63, 3.8) is 0 Å². The van der Waals surface area contributed by atoms with Gasteiger partial charge < -0.3 is 15.0 Å². The predicted molar refractivity (Wildman–Crippen MR) is 118 cm³/mol. The molecule has 2 heterocycles. The number of non-ortho nitro benzene ring substituents is 1. The fourth-order valence-corrected chi connectivity index (χ4v) is 4.54. The summed E-state index contributed by atoms with van der Waals surface area (Å²) in [5, 5.41) is 24.8. The standard InChI is InChI=1S/C22H18N4O4S/c23-14-18-19(24-16-6-8-17(9-7-16)26(28)29)21(20(27)15-4-2-1-3-5-15)31-22(18)25-10-12-30-13-11-25/h1-9,24H,10-13H2. The zero-order valence-electron chi connectivity index (χ0n) is 16.4. The highest BCUT2D eigenvalue weighted by Gasteiger charge is 2.28. The average molecular weight is 434 g/mol. The van der Waals surface area contributed by atoms with Gasteiger partial charge in [-0.05, 0) is 12.1 Å². The van der Waals surface area contributed by atoms with E-state index in [1.165, 1.54) is 23.5 Å². The zero-order valence-corrected chi connectivity index (χ0v) is 17.2. The number of carbonyl (C=O) groups excluding carboxylic acids is 1. The van der Waals surface area contributed by atoms with Gasteiger partial charge in [-0.3, -0.25) is 14.9 Å². The van der Waals surface area contributed by atoms with Gasteiger partial charge in [0.15, 0.2) is 0 Å². The smallest absolute Gasteiger partial charge is 0.269 e. The number of nitro groups is 1. The van der Waals surface area contributed by atoms with E-state index in [4.69, 9.17) is 4.74 Å². The number of ether oxygens (including phenoxy) is 1. The van der Waals surface area contributed by atoms with Crippen molar-refractivity contribution in [1.82, 2.24) is 0 Å². The molecule has 3 aromatic rings. The van der Waals surface area contributed by atoms with E-state index in [9.17, 15) is 20.2 Å². The molecule has 0 atom stereocenters. The van der Waals surface area contributed by atoms with Gasteiger partial charge in [-0.2, -0.15) is 5.26 Å². The SMILES string of the molecule is N#Cc1c(N2CCOCC2)sc(C(=O)c2ccccc2)c1Nc1ccc([N+](=O)[O-])cc1. The maximum absolute atomic E-state index is 13.3. The van der Waals surface area contributed by atoms with Crippen LogP contribution in [0, 0.1) is 21.4 Å². The van der Waals surface area contributed by atoms with Crippen LogP contribution in [0.15, 0.2) is 54.6 Å². The number of carbonyl (C=O) groups is 1. The maximum atomic E-state index is 13.3. The summed E-state index contributed by atoms with van der Waals surface area (Å²) in [4.78, 5) is 26.2. The van der Waals surface area contributed by atoms with E-state index in [1.807, 2.05) is 6.07 Å². The first kappa shape index (κ1) is 20.5. The molecule has 156 valence electrons. The van der Waals surface area contributed by atoms with Crippen LogP contribution in [0.1, 0.15) is 20.8 Å². The second-order valence-electron chi connectivity index (χ2n) is 6.82. The number of nitro benzene ring substituents is 1. The summed E-state index contributed by atoms with van der Waals surface area (Å²) in [6.45, 7) is 2.36. The Hall–Kier alpha value is -3.74. The van der Waals surface area contributed by atoms with E-state index >= 15 is 0 Å². The van der Waals surface area contributed by atoms with Crippen molar-refractivity contribution in [3.05, 3.63) is 80.7 Å². The highest BCUT2D eigenvalue weighted by Crippen LogP contribution is 2.42. The zero-order chi connectivity index (χ0) is 21.8. The Morgan fingerprint density at radius 3 is 2.42 bits per heavy atom. The predicted octanol–water partition coefficient (Wildman–Crippen LogP) is 4.34. The lowest BCUT2D eigenvalue weighted by Crippen LogP contribution is -2.36. The minimum absolute atomic E-state index is 0.0361. The van der Waals surface area contributed by atoms with E-state index in [0.717, 1.165) is 5.00 Å². The highest BCUT2D eigenvalue weighted by atomic mass is 32.1. The van der Waals surface area contributed by atoms with Crippen molar-refractivity contribution < 1.29 is 14.5 Å². The van der Waals surface area contributed by atoms with Crippen molar-refractivity contribution >= 4 is 39.2 Å². The molecule has 1 aromatic heterocycles. The van der Waals surface area contributed by atoms with Crippen LogP contribution in [-0.4, -0.2) is 37.0 Å². The van der Waals surface area contributed by atoms with Crippen LogP contribution in [-0.2, 0) is 4.74 Å². The molecule has 4 rings (SSSR count). The van der Waals surface area contributed by atoms with Crippen LogP contribution in [0.5, 0.6) is 0 Å². The lowest BCUT2D eigenvalue weighted by molar-refractivity contribution is -0.384. The van der Waals surface area contributed by atoms with E-state index in [2.05, 4.69) is 16.3 Å². The van der Waals surface area contributed by atoms with E-state index in [-0.39, 0.29) is 11.5 Å². The van der Waals surface area contributed by atoms with Crippen LogP contribution in [0.25, 0.3) is 0 Å². The molecule has 8 nitrogen and oxygen atoms in total. The Kier molecular flexibility index (Phi) is 5.93. The molecule has 0 amide bonds. The molecular formula is C22H18N4O4S. The maximum Gasteiger partial charge on any atom is 0.269 e. The molecule has 0 saturated carbocycles. The average Bonchev–Trinajstić information content (AvgIpc) is 3.18. The minimum Gasteiger partial charge on any atom is -0.378 e. The van der Waals surface area contributed by atoms with Crippen molar-refractivity contribution in [1.29, 1.82) is 5.26 Å². The molecular weight excluding hydrogens is 416 g/mol. The third kappa shape index (κ3) is 4.26. The van der Waals surface area contributed by atoms with E-state index in [1.54, 1.807) is 36.4 Å². The minimum atomic E-state index is -0.476. The highest BCUT2D eigenvalue weighted by molar-refractivity contribution is 7.19. The van der Waals surface area contributed by atoms with Crippen LogP contribution in [0.2, 0.25) is 0 Å². The van der Waals surface area contributed by atoms with Gasteiger partial charge >= 0.3 is 0 Å². The fraction of sp³-hybridized carbons (Fsp3) is 0.182. The second kappa shape index (κ2) is 8.95. The van der Waals surface area contributed by atoms with Gasteiger partial charge in [0.25, 0.3) is 5.69 Å². The molecule has 0 unspecified atom stereocenters. The summed E-state index contributed by atoms with van der Waals surface area (Å²) in [6, 6.07) is 17.0. The van der Waals surface area contributed by atoms with E-state index < -0.39 is 4.92 Å². The first-order valence-corrected chi connectivity index (χ1v) is 10.4. The summed E-state index contributed by atoms with van der Waals surface area (Å²) in [7, 11) is 0. The Bertz CT molecular complexity index is 1150. The summed E-state index contributed by atoms with van der Waals surface area (Å²) in [6.07, 6.45) is 0. The molecule has 1 fully saturated rings. The molecule has 0 bridgehead atoms. The number of nitriles is 1. The molecule has 0 spiro atoms. The second-order valence-corrected chi connectivity index (χ2v) is 7.82. The normalized spacial score (nSPS) is 13.5. The third-order valence-corrected chi connectivity index (χ3v) is 6.14. The van der Waals surface area contributed by atoms with Gasteiger partial charge in [0, 0.05) is 36.5 Å². The van der Waals surface area contributed by atoms with Gasteiger partial charge in [-0.25, -0.2) is 0 Å². The Labute approximate surface area is 182 Å². The summed E-state index contributed by atoms with van der Waals surface area (Å²) < 4.78 is 5.42. The van der Waals surface area contributed by atoms with Crippen LogP contribution >= 0.6 is 11.3 Å². The number of nitrogens with one attached hydrogen (secondary N) is 1. The molecule has 1 N–H and O–H groups in total. The van der Waals surface area contributed by atoms with Crippen LogP contribution < -0.4 is 10.2 Å². The molecule has 2 aromatic carbocycles. The molecule has 1 saturated heterocycles. The number of anilines is 3. The van der Waals surface area contributed by atoms with Gasteiger partial charge in [0.1, 0.15) is 21.5 Å². The van der Waals surface area contributed by atoms with Crippen LogP contribution in [0.3, 0.4) is 0 Å². The molecule has 1 aliphatic rings. The number of benzene rings is 2. The number of nitrogens with zero attached hydrogens (tertiary/aromatic N) is 3. The third-order valence-electron chi connectivity index (χ3n) is 4.89. The van der Waals surface area contributed by atoms with Gasteiger partial charge in [-0.15, -0.1) is 11.3 Å². The van der Waals surface area contributed by atoms with E-state index in [0.29, 0.717) is 53.7 Å². The summed E-state index contributed by atoms with van der Waals surface area (Å²) in [5.41, 5.74) is 1.83. The number of morpholine rings is 1. The molecule has 0 radical (unpaired) electrons. The fourth-order valence-electron chi connectivity index (χ4n) is 3.32. The van der Waals surface area contributed by atoms with Gasteiger partial charge in [0.05, 0.1) is 23.8 Å². The first-order chi connectivity index (χ1) is 15.1. The first-order valence-electron chi connectivity index (χ1n) is 9.59. The summed E-state index contributed by atoms with van der Waals surface area (Å²) in [5.74, 6) is -0.189.